The minimum Gasteiger partial charge on any atom is -0.382 e. The predicted molar refractivity (Wildman–Crippen MR) is 45.9 cm³/mol. The van der Waals surface area contributed by atoms with Crippen molar-refractivity contribution in [2.24, 2.45) is 0 Å². The van der Waals surface area contributed by atoms with Crippen LogP contribution >= 0.6 is 0 Å². The van der Waals surface area contributed by atoms with Crippen LogP contribution in [0, 0.1) is 0 Å². The number of hydrogen-bond donors (Lipinski definition) is 0. The molecule has 1 aliphatic rings. The molecule has 0 amide bonds. The Hall–Kier alpha value is -0.860. The molecule has 2 heteroatoms. The minimum absolute atomic E-state index is 0.270. The average Bonchev–Trinajstić information content (AvgIpc) is 2.87. The number of ether oxygens (including phenoxy) is 2. The summed E-state index contributed by atoms with van der Waals surface area (Å²) in [5.74, 6) is 0. The van der Waals surface area contributed by atoms with Gasteiger partial charge in [-0.15, -0.1) is 0 Å². The number of hydrogen-bond acceptors (Lipinski definition) is 2. The van der Waals surface area contributed by atoms with Crippen molar-refractivity contribution >= 4 is 0 Å². The van der Waals surface area contributed by atoms with E-state index in [0.717, 1.165) is 0 Å². The third-order valence-corrected chi connectivity index (χ3v) is 2.04. The molecule has 0 aliphatic carbocycles. The van der Waals surface area contributed by atoms with Crippen molar-refractivity contribution in [3.63, 3.8) is 0 Å². The quantitative estimate of drug-likeness (QED) is 0.635. The van der Waals surface area contributed by atoms with Crippen LogP contribution in [0.4, 0.5) is 0 Å². The molecule has 2 nitrogen and oxygen atoms in total. The summed E-state index contributed by atoms with van der Waals surface area (Å²) >= 11 is 0. The van der Waals surface area contributed by atoms with Gasteiger partial charge in [0.25, 0.3) is 0 Å². The summed E-state index contributed by atoms with van der Waals surface area (Å²) in [4.78, 5) is 0. The summed E-state index contributed by atoms with van der Waals surface area (Å²) in [7, 11) is 1.70. The van der Waals surface area contributed by atoms with Gasteiger partial charge < -0.3 is 9.47 Å². The predicted octanol–water partition coefficient (Wildman–Crippen LogP) is 1.77. The van der Waals surface area contributed by atoms with Gasteiger partial charge in [0.1, 0.15) is 12.2 Å². The summed E-state index contributed by atoms with van der Waals surface area (Å²) in [5, 5.41) is 0. The standard InChI is InChI=1S/C10H12O2/c1-11-7-9-10(12-9)8-5-3-2-4-6-8/h2-6,9-10H,7H2,1H3/t9-,10-/m0/s1. The minimum atomic E-state index is 0.270. The number of rotatable bonds is 3. The summed E-state index contributed by atoms with van der Waals surface area (Å²) in [6.07, 6.45) is 0.545. The molecule has 0 bridgehead atoms. The molecule has 1 heterocycles. The number of epoxide rings is 1. The molecule has 0 unspecified atom stereocenters. The van der Waals surface area contributed by atoms with Gasteiger partial charge in [-0.25, -0.2) is 0 Å². The van der Waals surface area contributed by atoms with Crippen LogP contribution in [0.3, 0.4) is 0 Å². The zero-order valence-corrected chi connectivity index (χ0v) is 7.07. The van der Waals surface area contributed by atoms with Crippen molar-refractivity contribution in [1.82, 2.24) is 0 Å². The van der Waals surface area contributed by atoms with Gasteiger partial charge in [-0.05, 0) is 5.56 Å². The van der Waals surface area contributed by atoms with Gasteiger partial charge in [-0.1, -0.05) is 30.3 Å². The average molecular weight is 164 g/mol. The Morgan fingerprint density at radius 3 is 2.75 bits per heavy atom. The maximum absolute atomic E-state index is 5.42. The molecule has 64 valence electrons. The summed E-state index contributed by atoms with van der Waals surface area (Å²) in [6.45, 7) is 0.694. The first kappa shape index (κ1) is 7.77. The first-order valence-electron chi connectivity index (χ1n) is 4.11. The molecular weight excluding hydrogens is 152 g/mol. The molecule has 0 spiro atoms. The van der Waals surface area contributed by atoms with E-state index in [1.54, 1.807) is 7.11 Å². The van der Waals surface area contributed by atoms with Crippen molar-refractivity contribution in [3.8, 4) is 0 Å². The largest absolute Gasteiger partial charge is 0.382 e. The van der Waals surface area contributed by atoms with Gasteiger partial charge in [-0.3, -0.25) is 0 Å². The highest BCUT2D eigenvalue weighted by Crippen LogP contribution is 2.38. The van der Waals surface area contributed by atoms with E-state index in [1.807, 2.05) is 18.2 Å². The molecule has 1 aliphatic heterocycles. The first-order valence-corrected chi connectivity index (χ1v) is 4.11. The van der Waals surface area contributed by atoms with Crippen LogP contribution in [0.5, 0.6) is 0 Å². The van der Waals surface area contributed by atoms with E-state index in [9.17, 15) is 0 Å². The molecule has 0 radical (unpaired) electrons. The van der Waals surface area contributed by atoms with Crippen molar-refractivity contribution in [3.05, 3.63) is 35.9 Å². The van der Waals surface area contributed by atoms with Crippen LogP contribution < -0.4 is 0 Å². The molecule has 2 atom stereocenters. The van der Waals surface area contributed by atoms with Gasteiger partial charge in [0, 0.05) is 7.11 Å². The normalized spacial score (nSPS) is 27.1. The molecule has 1 aromatic carbocycles. The van der Waals surface area contributed by atoms with E-state index in [1.165, 1.54) is 5.56 Å². The molecule has 2 rings (SSSR count). The highest BCUT2D eigenvalue weighted by Gasteiger charge is 2.39. The fourth-order valence-electron chi connectivity index (χ4n) is 1.37. The van der Waals surface area contributed by atoms with E-state index in [-0.39, 0.29) is 12.2 Å². The molecule has 1 saturated heterocycles. The highest BCUT2D eigenvalue weighted by molar-refractivity contribution is 5.22. The van der Waals surface area contributed by atoms with E-state index < -0.39 is 0 Å². The van der Waals surface area contributed by atoms with Crippen LogP contribution in [-0.4, -0.2) is 19.8 Å². The third kappa shape index (κ3) is 1.49. The lowest BCUT2D eigenvalue weighted by atomic mass is 10.1. The summed E-state index contributed by atoms with van der Waals surface area (Å²) < 4.78 is 10.4. The van der Waals surface area contributed by atoms with Gasteiger partial charge in [0.05, 0.1) is 6.61 Å². The van der Waals surface area contributed by atoms with Crippen molar-refractivity contribution in [2.45, 2.75) is 12.2 Å². The number of methoxy groups -OCH3 is 1. The second-order valence-electron chi connectivity index (χ2n) is 2.96. The van der Waals surface area contributed by atoms with Crippen LogP contribution in [0.2, 0.25) is 0 Å². The Morgan fingerprint density at radius 1 is 1.33 bits per heavy atom. The first-order chi connectivity index (χ1) is 5.92. The smallest absolute Gasteiger partial charge is 0.112 e. The Morgan fingerprint density at radius 2 is 2.08 bits per heavy atom. The third-order valence-electron chi connectivity index (χ3n) is 2.04. The van der Waals surface area contributed by atoms with Gasteiger partial charge >= 0.3 is 0 Å². The fourth-order valence-corrected chi connectivity index (χ4v) is 1.37. The monoisotopic (exact) mass is 164 g/mol. The Balaban J connectivity index is 1.97. The maximum atomic E-state index is 5.42. The lowest BCUT2D eigenvalue weighted by molar-refractivity contribution is 0.171. The summed E-state index contributed by atoms with van der Waals surface area (Å²) in [6, 6.07) is 10.2. The molecular formula is C10H12O2. The van der Waals surface area contributed by atoms with Crippen molar-refractivity contribution in [2.75, 3.05) is 13.7 Å². The van der Waals surface area contributed by atoms with Gasteiger partial charge in [-0.2, -0.15) is 0 Å². The number of benzene rings is 1. The molecule has 1 fully saturated rings. The van der Waals surface area contributed by atoms with Crippen LogP contribution in [-0.2, 0) is 9.47 Å². The second kappa shape index (κ2) is 3.25. The molecule has 0 saturated carbocycles. The SMILES string of the molecule is COC[C@@H]1O[C@H]1c1ccccc1. The zero-order valence-electron chi connectivity index (χ0n) is 7.07. The van der Waals surface area contributed by atoms with E-state index >= 15 is 0 Å². The van der Waals surface area contributed by atoms with Gasteiger partial charge in [0.2, 0.25) is 0 Å². The zero-order chi connectivity index (χ0) is 8.39. The fraction of sp³-hybridized carbons (Fsp3) is 0.400. The van der Waals surface area contributed by atoms with Crippen LogP contribution in [0.15, 0.2) is 30.3 Å². The van der Waals surface area contributed by atoms with E-state index in [4.69, 9.17) is 9.47 Å². The molecule has 12 heavy (non-hydrogen) atoms. The lowest BCUT2D eigenvalue weighted by Crippen LogP contribution is -1.98. The van der Waals surface area contributed by atoms with Crippen molar-refractivity contribution in [1.29, 1.82) is 0 Å². The lowest BCUT2D eigenvalue weighted by Gasteiger charge is -1.93. The molecule has 0 aromatic heterocycles. The Kier molecular flexibility index (Phi) is 2.11. The Labute approximate surface area is 72.1 Å². The second-order valence-corrected chi connectivity index (χ2v) is 2.96. The maximum Gasteiger partial charge on any atom is 0.112 e. The highest BCUT2D eigenvalue weighted by atomic mass is 16.6. The molecule has 0 N–H and O–H groups in total. The Bertz CT molecular complexity index is 245. The van der Waals surface area contributed by atoms with Crippen LogP contribution in [0.1, 0.15) is 11.7 Å². The van der Waals surface area contributed by atoms with Crippen molar-refractivity contribution < 1.29 is 9.47 Å². The van der Waals surface area contributed by atoms with Crippen LogP contribution in [0.25, 0.3) is 0 Å². The summed E-state index contributed by atoms with van der Waals surface area (Å²) in [5.41, 5.74) is 1.25. The van der Waals surface area contributed by atoms with E-state index in [0.29, 0.717) is 6.61 Å². The van der Waals surface area contributed by atoms with Gasteiger partial charge in [0.15, 0.2) is 0 Å². The topological polar surface area (TPSA) is 21.8 Å². The van der Waals surface area contributed by atoms with E-state index in [2.05, 4.69) is 12.1 Å². The molecule has 1 aromatic rings.